The molecule has 0 fully saturated rings. The van der Waals surface area contributed by atoms with E-state index in [1.165, 1.54) is 18.2 Å². The molecule has 0 aromatic heterocycles. The molecule has 0 spiro atoms. The van der Waals surface area contributed by atoms with E-state index < -0.39 is 74.1 Å². The lowest BCUT2D eigenvalue weighted by atomic mass is 9.95. The molecule has 3 rings (SSSR count). The third-order valence-corrected chi connectivity index (χ3v) is 5.53. The number of carbonyl (C=O) groups is 1. The molecule has 0 aliphatic carbocycles. The highest BCUT2D eigenvalue weighted by molar-refractivity contribution is 14.1. The molecule has 0 bridgehead atoms. The Morgan fingerprint density at radius 1 is 0.812 bits per heavy atom. The fourth-order valence-corrected chi connectivity index (χ4v) is 3.95. The number of carboxylic acid groups (broad SMARTS) is 1. The number of anilines is 2. The Morgan fingerprint density at radius 2 is 1.34 bits per heavy atom. The standard InChI is InChI=1S/C19H5Cl2F7INO2/c20-5-3-4(29)1-2-6(5)30-18-9(19(31)32)7(10(21)13(24)17(18)28)8-11(22)14(25)16(27)15(26)12(8)23/h1-3,30H,(H,31,32). The highest BCUT2D eigenvalue weighted by Crippen LogP contribution is 2.44. The van der Waals surface area contributed by atoms with Gasteiger partial charge in [0.25, 0.3) is 0 Å². The van der Waals surface area contributed by atoms with Gasteiger partial charge in [-0.1, -0.05) is 23.2 Å². The lowest BCUT2D eigenvalue weighted by Crippen LogP contribution is -2.13. The molecule has 0 amide bonds. The van der Waals surface area contributed by atoms with Crippen LogP contribution >= 0.6 is 45.8 Å². The Labute approximate surface area is 197 Å². The Hall–Kier alpha value is -2.25. The first-order chi connectivity index (χ1) is 14.9. The normalized spacial score (nSPS) is 11.1. The molecule has 3 aromatic carbocycles. The van der Waals surface area contributed by atoms with E-state index in [0.717, 1.165) is 0 Å². The van der Waals surface area contributed by atoms with Gasteiger partial charge in [0.05, 0.1) is 32.5 Å². The van der Waals surface area contributed by atoms with E-state index in [4.69, 9.17) is 23.2 Å². The quantitative estimate of drug-likeness (QED) is 0.138. The van der Waals surface area contributed by atoms with Gasteiger partial charge in [0.2, 0.25) is 5.82 Å². The van der Waals surface area contributed by atoms with E-state index in [0.29, 0.717) is 3.57 Å². The zero-order valence-corrected chi connectivity index (χ0v) is 18.5. The number of halogens is 10. The van der Waals surface area contributed by atoms with Gasteiger partial charge in [-0.15, -0.1) is 0 Å². The van der Waals surface area contributed by atoms with Crippen LogP contribution in [0.5, 0.6) is 0 Å². The Bertz CT molecular complexity index is 1270. The van der Waals surface area contributed by atoms with E-state index in [1.807, 2.05) is 22.6 Å². The second-order valence-corrected chi connectivity index (χ2v) is 8.10. The van der Waals surface area contributed by atoms with Crippen molar-refractivity contribution in [2.75, 3.05) is 5.32 Å². The van der Waals surface area contributed by atoms with Crippen molar-refractivity contribution in [1.82, 2.24) is 0 Å². The van der Waals surface area contributed by atoms with Crippen LogP contribution in [0.2, 0.25) is 10.0 Å². The number of carboxylic acids is 1. The number of hydrogen-bond donors (Lipinski definition) is 2. The molecule has 0 radical (unpaired) electrons. The van der Waals surface area contributed by atoms with Crippen LogP contribution in [-0.4, -0.2) is 11.1 Å². The van der Waals surface area contributed by atoms with Gasteiger partial charge in [0.1, 0.15) is 0 Å². The van der Waals surface area contributed by atoms with Gasteiger partial charge < -0.3 is 10.4 Å². The minimum Gasteiger partial charge on any atom is -0.478 e. The molecule has 0 saturated carbocycles. The summed E-state index contributed by atoms with van der Waals surface area (Å²) in [7, 11) is 0. The van der Waals surface area contributed by atoms with Gasteiger partial charge >= 0.3 is 5.97 Å². The summed E-state index contributed by atoms with van der Waals surface area (Å²) in [5.74, 6) is -18.4. The summed E-state index contributed by atoms with van der Waals surface area (Å²) < 4.78 is 99.4. The predicted octanol–water partition coefficient (Wildman–Crippen LogP) is 7.68. The van der Waals surface area contributed by atoms with E-state index in [1.54, 1.807) is 0 Å². The Morgan fingerprint density at radius 3 is 1.84 bits per heavy atom. The minimum absolute atomic E-state index is 0.0826. The third-order valence-electron chi connectivity index (χ3n) is 4.19. The first-order valence-electron chi connectivity index (χ1n) is 8.06. The second kappa shape index (κ2) is 8.94. The van der Waals surface area contributed by atoms with Crippen molar-refractivity contribution in [3.8, 4) is 11.1 Å². The van der Waals surface area contributed by atoms with Crippen LogP contribution in [0.1, 0.15) is 10.4 Å². The summed E-state index contributed by atoms with van der Waals surface area (Å²) in [4.78, 5) is 11.9. The summed E-state index contributed by atoms with van der Waals surface area (Å²) in [6.07, 6.45) is 0. The fraction of sp³-hybridized carbons (Fsp3) is 0. The van der Waals surface area contributed by atoms with Gasteiger partial charge in [-0.3, -0.25) is 0 Å². The van der Waals surface area contributed by atoms with E-state index in [-0.39, 0.29) is 10.7 Å². The fourth-order valence-electron chi connectivity index (χ4n) is 2.78. The maximum absolute atomic E-state index is 14.7. The van der Waals surface area contributed by atoms with Gasteiger partial charge in [-0.05, 0) is 40.8 Å². The lowest BCUT2D eigenvalue weighted by Gasteiger charge is -2.19. The molecule has 0 unspecified atom stereocenters. The first kappa shape index (κ1) is 24.4. The molecule has 0 aliphatic heterocycles. The van der Waals surface area contributed by atoms with Crippen LogP contribution in [0.25, 0.3) is 11.1 Å². The van der Waals surface area contributed by atoms with Crippen LogP contribution in [0.4, 0.5) is 42.1 Å². The molecular weight excluding hydrogens is 605 g/mol. The molecule has 3 aromatic rings. The number of benzene rings is 3. The third kappa shape index (κ3) is 3.97. The summed E-state index contributed by atoms with van der Waals surface area (Å²) in [6, 6.07) is 4.06. The molecule has 13 heteroatoms. The van der Waals surface area contributed by atoms with Gasteiger partial charge in [-0.2, -0.15) is 0 Å². The lowest BCUT2D eigenvalue weighted by molar-refractivity contribution is 0.0698. The first-order valence-corrected chi connectivity index (χ1v) is 9.89. The van der Waals surface area contributed by atoms with Crippen LogP contribution in [-0.2, 0) is 0 Å². The van der Waals surface area contributed by atoms with E-state index in [9.17, 15) is 40.6 Å². The van der Waals surface area contributed by atoms with Crippen molar-refractivity contribution < 1.29 is 40.6 Å². The SMILES string of the molecule is O=C(O)c1c(Nc2ccc(I)cc2Cl)c(F)c(F)c(Cl)c1-c1c(F)c(F)c(F)c(F)c1F. The van der Waals surface area contributed by atoms with E-state index in [2.05, 4.69) is 5.32 Å². The molecule has 0 saturated heterocycles. The van der Waals surface area contributed by atoms with Crippen molar-refractivity contribution in [2.45, 2.75) is 0 Å². The molecule has 0 heterocycles. The average Bonchev–Trinajstić information content (AvgIpc) is 2.73. The summed E-state index contributed by atoms with van der Waals surface area (Å²) in [6.45, 7) is 0. The minimum atomic E-state index is -2.54. The van der Waals surface area contributed by atoms with Crippen molar-refractivity contribution in [3.05, 3.63) is 78.1 Å². The topological polar surface area (TPSA) is 49.3 Å². The highest BCUT2D eigenvalue weighted by atomic mass is 127. The molecule has 32 heavy (non-hydrogen) atoms. The monoisotopic (exact) mass is 609 g/mol. The molecule has 3 nitrogen and oxygen atoms in total. The zero-order chi connectivity index (χ0) is 24.1. The summed E-state index contributed by atoms with van der Waals surface area (Å²) >= 11 is 13.4. The van der Waals surface area contributed by atoms with Gasteiger partial charge in [0.15, 0.2) is 34.9 Å². The summed E-state index contributed by atoms with van der Waals surface area (Å²) in [5.41, 5.74) is -6.07. The maximum Gasteiger partial charge on any atom is 0.338 e. The number of rotatable bonds is 4. The maximum atomic E-state index is 14.7. The van der Waals surface area contributed by atoms with Crippen molar-refractivity contribution >= 4 is 63.1 Å². The van der Waals surface area contributed by atoms with Crippen LogP contribution in [0.3, 0.4) is 0 Å². The number of hydrogen-bond acceptors (Lipinski definition) is 2. The molecule has 168 valence electrons. The van der Waals surface area contributed by atoms with Crippen LogP contribution in [0, 0.1) is 44.3 Å². The van der Waals surface area contributed by atoms with Crippen molar-refractivity contribution in [1.29, 1.82) is 0 Å². The van der Waals surface area contributed by atoms with E-state index >= 15 is 0 Å². The Kier molecular flexibility index (Phi) is 6.82. The number of nitrogens with one attached hydrogen (secondary N) is 1. The predicted molar refractivity (Wildman–Crippen MR) is 111 cm³/mol. The number of aromatic carboxylic acids is 1. The van der Waals surface area contributed by atoms with Crippen molar-refractivity contribution in [3.63, 3.8) is 0 Å². The molecule has 2 N–H and O–H groups in total. The van der Waals surface area contributed by atoms with Gasteiger partial charge in [-0.25, -0.2) is 35.5 Å². The summed E-state index contributed by atoms with van der Waals surface area (Å²) in [5, 5.41) is 10.2. The second-order valence-electron chi connectivity index (χ2n) is 6.07. The zero-order valence-electron chi connectivity index (χ0n) is 14.9. The largest absolute Gasteiger partial charge is 0.478 e. The van der Waals surface area contributed by atoms with Crippen molar-refractivity contribution in [2.24, 2.45) is 0 Å². The molecule has 0 aliphatic rings. The average molecular weight is 610 g/mol. The van der Waals surface area contributed by atoms with Crippen LogP contribution in [0.15, 0.2) is 18.2 Å². The molecular formula is C19H5Cl2F7INO2. The smallest absolute Gasteiger partial charge is 0.338 e. The molecule has 0 atom stereocenters. The Balaban J connectivity index is 2.46. The van der Waals surface area contributed by atoms with Gasteiger partial charge in [0, 0.05) is 9.13 Å². The van der Waals surface area contributed by atoms with Crippen LogP contribution < -0.4 is 5.32 Å². The highest BCUT2D eigenvalue weighted by Gasteiger charge is 2.35.